The van der Waals surface area contributed by atoms with Crippen LogP contribution in [-0.4, -0.2) is 48.8 Å². The average molecular weight is 413 g/mol. The van der Waals surface area contributed by atoms with Gasteiger partial charge in [0.2, 0.25) is 5.91 Å². The van der Waals surface area contributed by atoms with Crippen molar-refractivity contribution >= 4 is 11.8 Å². The Hall–Kier alpha value is -3.40. The fourth-order valence-corrected chi connectivity index (χ4v) is 4.56. The van der Waals surface area contributed by atoms with Crippen molar-refractivity contribution in [2.45, 2.75) is 12.8 Å². The van der Waals surface area contributed by atoms with Gasteiger partial charge in [-0.1, -0.05) is 72.8 Å². The summed E-state index contributed by atoms with van der Waals surface area (Å²) in [6.07, 6.45) is 1.28. The SMILES string of the molecule is CN(C)C(=O)C1(Cc2cccc(-c3ccccc3)c2)CCN(C(=O)c2ccccc2)C1. The number of carbonyl (C=O) groups excluding carboxylic acids is 2. The van der Waals surface area contributed by atoms with E-state index in [1.165, 1.54) is 0 Å². The zero-order valence-corrected chi connectivity index (χ0v) is 18.1. The van der Waals surface area contributed by atoms with Gasteiger partial charge in [0, 0.05) is 32.7 Å². The average Bonchev–Trinajstić information content (AvgIpc) is 3.24. The van der Waals surface area contributed by atoms with Gasteiger partial charge in [-0.25, -0.2) is 0 Å². The van der Waals surface area contributed by atoms with Crippen molar-refractivity contribution in [3.05, 3.63) is 96.1 Å². The molecule has 1 aliphatic rings. The van der Waals surface area contributed by atoms with Crippen LogP contribution in [0.2, 0.25) is 0 Å². The van der Waals surface area contributed by atoms with Gasteiger partial charge in [0.15, 0.2) is 0 Å². The second-order valence-electron chi connectivity index (χ2n) is 8.57. The molecule has 1 unspecified atom stereocenters. The van der Waals surface area contributed by atoms with Gasteiger partial charge in [0.1, 0.15) is 0 Å². The molecule has 158 valence electrons. The Balaban J connectivity index is 1.61. The minimum absolute atomic E-state index is 0.00735. The molecule has 0 bridgehead atoms. The third-order valence-electron chi connectivity index (χ3n) is 6.10. The first-order valence-electron chi connectivity index (χ1n) is 10.7. The molecule has 4 heteroatoms. The molecule has 3 aromatic carbocycles. The molecule has 0 spiro atoms. The lowest BCUT2D eigenvalue weighted by Crippen LogP contribution is -2.44. The molecule has 0 radical (unpaired) electrons. The van der Waals surface area contributed by atoms with Crippen molar-refractivity contribution in [3.8, 4) is 11.1 Å². The van der Waals surface area contributed by atoms with Gasteiger partial charge in [0.25, 0.3) is 5.91 Å². The van der Waals surface area contributed by atoms with Gasteiger partial charge < -0.3 is 9.80 Å². The molecule has 1 aliphatic heterocycles. The van der Waals surface area contributed by atoms with E-state index < -0.39 is 5.41 Å². The molecule has 0 saturated carbocycles. The van der Waals surface area contributed by atoms with Crippen molar-refractivity contribution in [1.29, 1.82) is 0 Å². The fourth-order valence-electron chi connectivity index (χ4n) is 4.56. The number of hydrogen-bond acceptors (Lipinski definition) is 2. The lowest BCUT2D eigenvalue weighted by atomic mass is 9.79. The molecule has 4 nitrogen and oxygen atoms in total. The lowest BCUT2D eigenvalue weighted by molar-refractivity contribution is -0.138. The molecular weight excluding hydrogens is 384 g/mol. The van der Waals surface area contributed by atoms with Gasteiger partial charge in [-0.2, -0.15) is 0 Å². The third kappa shape index (κ3) is 4.38. The number of benzene rings is 3. The largest absolute Gasteiger partial charge is 0.348 e. The normalized spacial score (nSPS) is 18.1. The molecule has 4 rings (SSSR count). The topological polar surface area (TPSA) is 40.6 Å². The van der Waals surface area contributed by atoms with E-state index in [2.05, 4.69) is 30.3 Å². The Morgan fingerprint density at radius 3 is 2.19 bits per heavy atom. The van der Waals surface area contributed by atoms with Crippen LogP contribution in [0, 0.1) is 5.41 Å². The minimum Gasteiger partial charge on any atom is -0.348 e. The molecule has 31 heavy (non-hydrogen) atoms. The summed E-state index contributed by atoms with van der Waals surface area (Å²) in [5.74, 6) is 0.0769. The van der Waals surface area contributed by atoms with Crippen LogP contribution in [-0.2, 0) is 11.2 Å². The number of carbonyl (C=O) groups is 2. The van der Waals surface area contributed by atoms with Crippen LogP contribution in [0.15, 0.2) is 84.9 Å². The van der Waals surface area contributed by atoms with E-state index in [0.29, 0.717) is 31.5 Å². The Morgan fingerprint density at radius 2 is 1.52 bits per heavy atom. The Kier molecular flexibility index (Phi) is 5.90. The van der Waals surface area contributed by atoms with Crippen molar-refractivity contribution in [3.63, 3.8) is 0 Å². The molecule has 1 saturated heterocycles. The fraction of sp³-hybridized carbons (Fsp3) is 0.259. The second-order valence-corrected chi connectivity index (χ2v) is 8.57. The van der Waals surface area contributed by atoms with E-state index in [4.69, 9.17) is 0 Å². The molecule has 0 aromatic heterocycles. The quantitative estimate of drug-likeness (QED) is 0.618. The monoisotopic (exact) mass is 412 g/mol. The van der Waals surface area contributed by atoms with E-state index in [-0.39, 0.29) is 11.8 Å². The zero-order chi connectivity index (χ0) is 21.8. The molecule has 1 atom stereocenters. The molecule has 1 fully saturated rings. The van der Waals surface area contributed by atoms with Gasteiger partial charge in [-0.05, 0) is 41.7 Å². The highest BCUT2D eigenvalue weighted by Gasteiger charge is 2.46. The van der Waals surface area contributed by atoms with Crippen LogP contribution in [0.25, 0.3) is 11.1 Å². The first-order valence-corrected chi connectivity index (χ1v) is 10.7. The summed E-state index contributed by atoms with van der Waals surface area (Å²) in [4.78, 5) is 29.8. The van der Waals surface area contributed by atoms with Gasteiger partial charge in [0.05, 0.1) is 5.41 Å². The van der Waals surface area contributed by atoms with Crippen molar-refractivity contribution < 1.29 is 9.59 Å². The highest BCUT2D eigenvalue weighted by Crippen LogP contribution is 2.37. The van der Waals surface area contributed by atoms with Gasteiger partial charge in [-0.3, -0.25) is 9.59 Å². The van der Waals surface area contributed by atoms with Crippen LogP contribution in [0.5, 0.6) is 0 Å². The molecule has 2 amide bonds. The number of amides is 2. The lowest BCUT2D eigenvalue weighted by Gasteiger charge is -2.31. The van der Waals surface area contributed by atoms with E-state index >= 15 is 0 Å². The van der Waals surface area contributed by atoms with Gasteiger partial charge >= 0.3 is 0 Å². The van der Waals surface area contributed by atoms with E-state index in [1.54, 1.807) is 19.0 Å². The van der Waals surface area contributed by atoms with Crippen LogP contribution < -0.4 is 0 Å². The summed E-state index contributed by atoms with van der Waals surface area (Å²) in [6, 6.07) is 28.0. The van der Waals surface area contributed by atoms with Crippen molar-refractivity contribution in [2.75, 3.05) is 27.2 Å². The van der Waals surface area contributed by atoms with Crippen molar-refractivity contribution in [1.82, 2.24) is 9.80 Å². The van der Waals surface area contributed by atoms with E-state index in [1.807, 2.05) is 59.5 Å². The smallest absolute Gasteiger partial charge is 0.253 e. The summed E-state index contributed by atoms with van der Waals surface area (Å²) < 4.78 is 0. The van der Waals surface area contributed by atoms with E-state index in [0.717, 1.165) is 16.7 Å². The Morgan fingerprint density at radius 1 is 0.871 bits per heavy atom. The van der Waals surface area contributed by atoms with Crippen molar-refractivity contribution in [2.24, 2.45) is 5.41 Å². The molecule has 0 N–H and O–H groups in total. The first-order chi connectivity index (χ1) is 15.0. The molecule has 1 heterocycles. The second kappa shape index (κ2) is 8.76. The number of nitrogens with zero attached hydrogens (tertiary/aromatic N) is 2. The maximum absolute atomic E-state index is 13.3. The van der Waals surface area contributed by atoms with E-state index in [9.17, 15) is 9.59 Å². The van der Waals surface area contributed by atoms with Crippen LogP contribution in [0.4, 0.5) is 0 Å². The minimum atomic E-state index is -0.608. The first kappa shape index (κ1) is 20.9. The Labute approximate surface area is 184 Å². The number of hydrogen-bond donors (Lipinski definition) is 0. The predicted molar refractivity (Wildman–Crippen MR) is 124 cm³/mol. The highest BCUT2D eigenvalue weighted by molar-refractivity contribution is 5.95. The molecule has 0 aliphatic carbocycles. The third-order valence-corrected chi connectivity index (χ3v) is 6.10. The number of rotatable bonds is 5. The maximum Gasteiger partial charge on any atom is 0.253 e. The zero-order valence-electron chi connectivity index (χ0n) is 18.1. The highest BCUT2D eigenvalue weighted by atomic mass is 16.2. The van der Waals surface area contributed by atoms with Gasteiger partial charge in [-0.15, -0.1) is 0 Å². The summed E-state index contributed by atoms with van der Waals surface area (Å²) >= 11 is 0. The standard InChI is InChI=1S/C27H28N2O2/c1-28(2)26(31)27(16-17-29(20-27)25(30)23-13-7-4-8-14-23)19-21-10-9-15-24(18-21)22-11-5-3-6-12-22/h3-15,18H,16-17,19-20H2,1-2H3. The predicted octanol–water partition coefficient (Wildman–Crippen LogP) is 4.52. The maximum atomic E-state index is 13.3. The summed E-state index contributed by atoms with van der Waals surface area (Å²) in [5, 5.41) is 0. The van der Waals surface area contributed by atoms with Crippen LogP contribution in [0.1, 0.15) is 22.3 Å². The molecule has 3 aromatic rings. The molecular formula is C27H28N2O2. The summed E-state index contributed by atoms with van der Waals surface area (Å²) in [6.45, 7) is 1.03. The van der Waals surface area contributed by atoms with Crippen LogP contribution in [0.3, 0.4) is 0 Å². The Bertz CT molecular complexity index is 1060. The number of likely N-dealkylation sites (tertiary alicyclic amines) is 1. The summed E-state index contributed by atoms with van der Waals surface area (Å²) in [7, 11) is 3.60. The summed E-state index contributed by atoms with van der Waals surface area (Å²) in [5.41, 5.74) is 3.47. The van der Waals surface area contributed by atoms with Crippen LogP contribution >= 0.6 is 0 Å².